The van der Waals surface area contributed by atoms with Gasteiger partial charge in [0.25, 0.3) is 0 Å². The minimum atomic E-state index is -0.781. The topological polar surface area (TPSA) is 0 Å². The Balaban J connectivity index is 0.000000461. The van der Waals surface area contributed by atoms with Crippen LogP contribution < -0.4 is 0 Å². The molecule has 0 fully saturated rings. The molecule has 0 N–H and O–H groups in total. The summed E-state index contributed by atoms with van der Waals surface area (Å²) in [5.41, 5.74) is 0. The van der Waals surface area contributed by atoms with Crippen LogP contribution in [0.1, 0.15) is 0 Å². The molecular weight excluding hydrogens is 246 g/mol. The van der Waals surface area contributed by atoms with E-state index in [4.69, 9.17) is 21.3 Å². The first-order valence-corrected chi connectivity index (χ1v) is 6.77. The third-order valence-electron chi connectivity index (χ3n) is 0.839. The monoisotopic (exact) mass is 246 g/mol. The molecule has 56 valence electrons. The van der Waals surface area contributed by atoms with Crippen LogP contribution in [0.4, 0.5) is 8.78 Å². The number of halogens is 4. The molecule has 0 nitrogen and oxygen atoms in total. The van der Waals surface area contributed by atoms with Crippen LogP contribution in [0, 0.1) is 17.7 Å². The average molecular weight is 248 g/mol. The molecule has 0 saturated carbocycles. The number of hydrogen-bond donors (Lipinski definition) is 0. The number of rotatable bonds is 0. The van der Waals surface area contributed by atoms with Crippen molar-refractivity contribution in [3.8, 4) is 0 Å². The summed E-state index contributed by atoms with van der Waals surface area (Å²) in [7, 11) is 4.76. The maximum absolute atomic E-state index is 12.2. The van der Waals surface area contributed by atoms with Crippen LogP contribution in [0.5, 0.6) is 0 Å². The van der Waals surface area contributed by atoms with E-state index in [1.165, 1.54) is 0 Å². The Kier molecular flexibility index (Phi) is 6.03. The quantitative estimate of drug-likeness (QED) is 0.376. The van der Waals surface area contributed by atoms with Gasteiger partial charge in [-0.1, -0.05) is 0 Å². The molecule has 5 heteroatoms. The van der Waals surface area contributed by atoms with Gasteiger partial charge in [0.15, 0.2) is 0 Å². The Morgan fingerprint density at radius 2 is 1.55 bits per heavy atom. The van der Waals surface area contributed by atoms with Gasteiger partial charge in [0.2, 0.25) is 0 Å². The van der Waals surface area contributed by atoms with Gasteiger partial charge in [0.1, 0.15) is 0 Å². The molecular formula is C6H2Cl2F2Zn. The van der Waals surface area contributed by atoms with Crippen molar-refractivity contribution in [1.82, 2.24) is 0 Å². The fraction of sp³-hybridized carbons (Fsp3) is 0. The van der Waals surface area contributed by atoms with Crippen LogP contribution in [-0.2, 0) is 17.3 Å². The van der Waals surface area contributed by atoms with Crippen LogP contribution in [0.3, 0.4) is 0 Å². The van der Waals surface area contributed by atoms with E-state index in [2.05, 4.69) is 6.07 Å². The zero-order chi connectivity index (χ0) is 8.85. The van der Waals surface area contributed by atoms with Gasteiger partial charge in [-0.3, -0.25) is 8.78 Å². The van der Waals surface area contributed by atoms with Crippen LogP contribution in [-0.4, -0.2) is 0 Å². The van der Waals surface area contributed by atoms with Crippen molar-refractivity contribution in [2.45, 2.75) is 0 Å². The van der Waals surface area contributed by atoms with Crippen molar-refractivity contribution in [2.75, 3.05) is 0 Å². The summed E-state index contributed by atoms with van der Waals surface area (Å²) in [6.45, 7) is 0. The van der Waals surface area contributed by atoms with E-state index < -0.39 is 16.7 Å². The molecule has 11 heavy (non-hydrogen) atoms. The average Bonchev–Trinajstić information content (AvgIpc) is 2.04. The Hall–Kier alpha value is 0.283. The van der Waals surface area contributed by atoms with E-state index in [1.807, 2.05) is 0 Å². The third kappa shape index (κ3) is 3.46. The molecule has 1 aromatic rings. The molecule has 0 bridgehead atoms. The van der Waals surface area contributed by atoms with Crippen molar-refractivity contribution in [2.24, 2.45) is 0 Å². The van der Waals surface area contributed by atoms with Crippen LogP contribution in [0.2, 0.25) is 5.02 Å². The summed E-state index contributed by atoms with van der Waals surface area (Å²) in [5.74, 6) is -1.56. The molecule has 0 amide bonds. The summed E-state index contributed by atoms with van der Waals surface area (Å²) in [5, 5.41) is -0.478. The van der Waals surface area contributed by atoms with Gasteiger partial charge in [0, 0.05) is 16.7 Å². The van der Waals surface area contributed by atoms with Crippen molar-refractivity contribution in [3.05, 3.63) is 34.9 Å². The molecule has 0 aromatic heterocycles. The van der Waals surface area contributed by atoms with Crippen LogP contribution in [0.25, 0.3) is 0 Å². The zero-order valence-electron chi connectivity index (χ0n) is 5.37. The van der Waals surface area contributed by atoms with Gasteiger partial charge >= 0.3 is 27.0 Å². The molecule has 1 rings (SSSR count). The van der Waals surface area contributed by atoms with Crippen LogP contribution >= 0.6 is 21.3 Å². The van der Waals surface area contributed by atoms with Crippen LogP contribution in [0.15, 0.2) is 12.1 Å². The second-order valence-electron chi connectivity index (χ2n) is 1.47. The number of hydrogen-bond acceptors (Lipinski definition) is 0. The summed E-state index contributed by atoms with van der Waals surface area (Å²) in [4.78, 5) is 0. The molecule has 0 saturated heterocycles. The summed E-state index contributed by atoms with van der Waals surface area (Å²) in [6.07, 6.45) is 0. The normalized spacial score (nSPS) is 8.55. The van der Waals surface area contributed by atoms with Gasteiger partial charge in [-0.05, 0) is 0 Å². The predicted octanol–water partition coefficient (Wildman–Crippen LogP) is 3.11. The fourth-order valence-corrected chi connectivity index (χ4v) is 0.538. The fourth-order valence-electron chi connectivity index (χ4n) is 0.429. The third-order valence-corrected chi connectivity index (χ3v) is 1.20. The Bertz CT molecular complexity index is 210. The molecule has 0 aliphatic carbocycles. The summed E-state index contributed by atoms with van der Waals surface area (Å²) >= 11 is 5.95. The SMILES string of the molecule is Fc1c[c-]cc(F)c1Cl.[Cl][Zn+]. The zero-order valence-corrected chi connectivity index (χ0v) is 9.85. The van der Waals surface area contributed by atoms with Gasteiger partial charge < -0.3 is 0 Å². The molecule has 0 spiro atoms. The molecule has 0 aliphatic heterocycles. The molecule has 0 aliphatic rings. The molecule has 1 aromatic carbocycles. The molecule has 0 unspecified atom stereocenters. The first kappa shape index (κ1) is 11.3. The second kappa shape index (κ2) is 5.87. The van der Waals surface area contributed by atoms with Gasteiger partial charge in [-0.25, -0.2) is 0 Å². The Morgan fingerprint density at radius 3 is 1.82 bits per heavy atom. The Morgan fingerprint density at radius 1 is 1.18 bits per heavy atom. The standard InChI is InChI=1S/C6H2ClF2.ClH.Zn/c7-6-4(8)2-1-3-5(6)9;;/h2-3H;1H;/q-1;;+2/p-1. The van der Waals surface area contributed by atoms with E-state index in [1.54, 1.807) is 0 Å². The Labute approximate surface area is 82.2 Å². The minimum absolute atomic E-state index is 0.478. The molecule has 0 atom stereocenters. The van der Waals surface area contributed by atoms with Crippen molar-refractivity contribution < 1.29 is 26.1 Å². The van der Waals surface area contributed by atoms with Gasteiger partial charge in [-0.15, -0.1) is 23.7 Å². The summed E-state index contributed by atoms with van der Waals surface area (Å²) < 4.78 is 24.4. The maximum atomic E-state index is 12.2. The number of benzene rings is 1. The first-order chi connectivity index (χ1) is 5.22. The van der Waals surface area contributed by atoms with E-state index >= 15 is 0 Å². The molecule has 0 heterocycles. The van der Waals surface area contributed by atoms with Crippen molar-refractivity contribution >= 4 is 21.3 Å². The first-order valence-electron chi connectivity index (χ1n) is 2.49. The summed E-state index contributed by atoms with van der Waals surface area (Å²) in [6, 6.07) is 4.19. The predicted molar refractivity (Wildman–Crippen MR) is 36.1 cm³/mol. The van der Waals surface area contributed by atoms with Gasteiger partial charge in [0.05, 0.1) is 0 Å². The second-order valence-corrected chi connectivity index (χ2v) is 1.84. The van der Waals surface area contributed by atoms with E-state index in [0.717, 1.165) is 29.4 Å². The van der Waals surface area contributed by atoms with E-state index in [9.17, 15) is 8.78 Å². The van der Waals surface area contributed by atoms with Crippen molar-refractivity contribution in [3.63, 3.8) is 0 Å². The van der Waals surface area contributed by atoms with Crippen molar-refractivity contribution in [1.29, 1.82) is 0 Å². The van der Waals surface area contributed by atoms with E-state index in [-0.39, 0.29) is 0 Å². The molecule has 0 radical (unpaired) electrons. The van der Waals surface area contributed by atoms with E-state index in [0.29, 0.717) is 0 Å². The van der Waals surface area contributed by atoms with Gasteiger partial charge in [-0.2, -0.15) is 6.07 Å².